The highest BCUT2D eigenvalue weighted by molar-refractivity contribution is 5.85. The van der Waals surface area contributed by atoms with Crippen LogP contribution in [0.1, 0.15) is 61.8 Å². The molecule has 4 heteroatoms. The molecule has 2 saturated carbocycles. The van der Waals surface area contributed by atoms with E-state index < -0.39 is 17.8 Å². The number of carboxylic acids is 1. The van der Waals surface area contributed by atoms with E-state index in [0.717, 1.165) is 17.5 Å². The maximum Gasteiger partial charge on any atom is 0.307 e. The normalized spacial score (nSPS) is 23.8. The van der Waals surface area contributed by atoms with Crippen LogP contribution in [0.15, 0.2) is 54.6 Å². The Kier molecular flexibility index (Phi) is 4.96. The van der Waals surface area contributed by atoms with Gasteiger partial charge in [-0.2, -0.15) is 0 Å². The Morgan fingerprint density at radius 3 is 2.18 bits per heavy atom. The number of nitrogens with one attached hydrogen (secondary N) is 1. The molecule has 2 N–H and O–H groups in total. The number of amides is 1. The second-order valence-electron chi connectivity index (χ2n) is 8.52. The summed E-state index contributed by atoms with van der Waals surface area (Å²) in [4.78, 5) is 24.5. The van der Waals surface area contributed by atoms with E-state index in [9.17, 15) is 14.7 Å². The summed E-state index contributed by atoms with van der Waals surface area (Å²) in [5.74, 6) is -2.05. The van der Waals surface area contributed by atoms with Gasteiger partial charge in [0, 0.05) is 0 Å². The van der Waals surface area contributed by atoms with Crippen molar-refractivity contribution in [2.45, 2.75) is 50.5 Å². The van der Waals surface area contributed by atoms with Crippen molar-refractivity contribution in [1.29, 1.82) is 0 Å². The van der Waals surface area contributed by atoms with Gasteiger partial charge in [0.05, 0.1) is 17.9 Å². The van der Waals surface area contributed by atoms with E-state index in [1.807, 2.05) is 30.3 Å². The molecule has 4 rings (SSSR count). The van der Waals surface area contributed by atoms with E-state index in [1.165, 1.54) is 18.4 Å². The number of carboxylic acid groups (broad SMARTS) is 1. The van der Waals surface area contributed by atoms with Crippen LogP contribution >= 0.6 is 0 Å². The predicted octanol–water partition coefficient (Wildman–Crippen LogP) is 4.44. The SMILES string of the molecule is CC1(c2ccc([C@@H](NC(=O)[C@@H]3CCC[C@@H]3C(=O)O)c3ccccc3)cc2)CC1. The third-order valence-corrected chi connectivity index (χ3v) is 6.53. The second-order valence-corrected chi connectivity index (χ2v) is 8.52. The van der Waals surface area contributed by atoms with Gasteiger partial charge >= 0.3 is 5.97 Å². The van der Waals surface area contributed by atoms with Gasteiger partial charge in [-0.25, -0.2) is 0 Å². The molecule has 146 valence electrons. The van der Waals surface area contributed by atoms with Crippen LogP contribution in [0.5, 0.6) is 0 Å². The first-order valence-electron chi connectivity index (χ1n) is 10.2. The third kappa shape index (κ3) is 3.68. The summed E-state index contributed by atoms with van der Waals surface area (Å²) >= 11 is 0. The van der Waals surface area contributed by atoms with Crippen LogP contribution in [0.4, 0.5) is 0 Å². The molecule has 0 radical (unpaired) electrons. The predicted molar refractivity (Wildman–Crippen MR) is 108 cm³/mol. The smallest absolute Gasteiger partial charge is 0.307 e. The Balaban J connectivity index is 1.59. The average molecular weight is 377 g/mol. The molecule has 2 fully saturated rings. The van der Waals surface area contributed by atoms with Crippen LogP contribution in [0.2, 0.25) is 0 Å². The highest BCUT2D eigenvalue weighted by Crippen LogP contribution is 2.47. The van der Waals surface area contributed by atoms with Crippen molar-refractivity contribution in [3.63, 3.8) is 0 Å². The molecule has 2 aliphatic carbocycles. The molecule has 0 unspecified atom stereocenters. The molecule has 0 heterocycles. The molecule has 4 nitrogen and oxygen atoms in total. The van der Waals surface area contributed by atoms with Gasteiger partial charge in [-0.05, 0) is 47.8 Å². The van der Waals surface area contributed by atoms with Gasteiger partial charge in [-0.1, -0.05) is 67.9 Å². The summed E-state index contributed by atoms with van der Waals surface area (Å²) in [7, 11) is 0. The van der Waals surface area contributed by atoms with Crippen molar-refractivity contribution in [2.24, 2.45) is 11.8 Å². The first-order valence-corrected chi connectivity index (χ1v) is 10.2. The molecule has 1 amide bonds. The van der Waals surface area contributed by atoms with Crippen molar-refractivity contribution in [1.82, 2.24) is 5.32 Å². The zero-order valence-electron chi connectivity index (χ0n) is 16.2. The third-order valence-electron chi connectivity index (χ3n) is 6.53. The van der Waals surface area contributed by atoms with Gasteiger partial charge in [0.1, 0.15) is 0 Å². The van der Waals surface area contributed by atoms with Crippen molar-refractivity contribution in [3.8, 4) is 0 Å². The Hall–Kier alpha value is -2.62. The van der Waals surface area contributed by atoms with Crippen molar-refractivity contribution in [2.75, 3.05) is 0 Å². The summed E-state index contributed by atoms with van der Waals surface area (Å²) in [6.07, 6.45) is 4.46. The minimum atomic E-state index is -0.865. The fourth-order valence-electron chi connectivity index (χ4n) is 4.38. The summed E-state index contributed by atoms with van der Waals surface area (Å²) in [6.45, 7) is 2.28. The molecular formula is C24H27NO3. The molecule has 0 saturated heterocycles. The van der Waals surface area contributed by atoms with Gasteiger partial charge in [0.25, 0.3) is 0 Å². The van der Waals surface area contributed by atoms with Crippen LogP contribution in [0.3, 0.4) is 0 Å². The zero-order chi connectivity index (χ0) is 19.7. The Bertz CT molecular complexity index is 855. The van der Waals surface area contributed by atoms with Crippen molar-refractivity contribution >= 4 is 11.9 Å². The van der Waals surface area contributed by atoms with Gasteiger partial charge in [-0.3, -0.25) is 9.59 Å². The van der Waals surface area contributed by atoms with E-state index >= 15 is 0 Å². The number of carbonyl (C=O) groups excluding carboxylic acids is 1. The summed E-state index contributed by atoms with van der Waals surface area (Å²) < 4.78 is 0. The fourth-order valence-corrected chi connectivity index (χ4v) is 4.38. The zero-order valence-corrected chi connectivity index (χ0v) is 16.2. The minimum Gasteiger partial charge on any atom is -0.481 e. The van der Waals surface area contributed by atoms with Gasteiger partial charge in [0.2, 0.25) is 5.91 Å². The van der Waals surface area contributed by atoms with Crippen LogP contribution in [-0.2, 0) is 15.0 Å². The second kappa shape index (κ2) is 7.42. The number of carbonyl (C=O) groups is 2. The van der Waals surface area contributed by atoms with Crippen LogP contribution < -0.4 is 5.32 Å². The number of rotatable bonds is 6. The summed E-state index contributed by atoms with van der Waals surface area (Å²) in [5.41, 5.74) is 3.68. The van der Waals surface area contributed by atoms with Gasteiger partial charge < -0.3 is 10.4 Å². The van der Waals surface area contributed by atoms with Crippen LogP contribution in [-0.4, -0.2) is 17.0 Å². The first-order chi connectivity index (χ1) is 13.5. The standard InChI is InChI=1S/C24H27NO3/c1-24(14-15-24)18-12-10-17(11-13-18)21(16-6-3-2-4-7-16)25-22(26)19-8-5-9-20(19)23(27)28/h2-4,6-7,10-13,19-21H,5,8-9,14-15H2,1H3,(H,25,26)(H,27,28)/t19-,20+,21+/m1/s1. The molecule has 2 aliphatic rings. The Morgan fingerprint density at radius 1 is 0.964 bits per heavy atom. The van der Waals surface area contributed by atoms with E-state index in [-0.39, 0.29) is 11.9 Å². The molecule has 2 aromatic rings. The van der Waals surface area contributed by atoms with Crippen molar-refractivity contribution in [3.05, 3.63) is 71.3 Å². The van der Waals surface area contributed by atoms with E-state index in [4.69, 9.17) is 0 Å². The highest BCUT2D eigenvalue weighted by atomic mass is 16.4. The maximum absolute atomic E-state index is 13.0. The molecule has 3 atom stereocenters. The lowest BCUT2D eigenvalue weighted by molar-refractivity contribution is -0.146. The van der Waals surface area contributed by atoms with E-state index in [2.05, 4.69) is 36.5 Å². The Morgan fingerprint density at radius 2 is 1.57 bits per heavy atom. The average Bonchev–Trinajstić information content (AvgIpc) is 3.27. The van der Waals surface area contributed by atoms with Crippen molar-refractivity contribution < 1.29 is 14.7 Å². The lowest BCUT2D eigenvalue weighted by Gasteiger charge is -2.24. The molecular weight excluding hydrogens is 350 g/mol. The molecule has 28 heavy (non-hydrogen) atoms. The molecule has 0 aromatic heterocycles. The highest BCUT2D eigenvalue weighted by Gasteiger charge is 2.40. The van der Waals surface area contributed by atoms with E-state index in [0.29, 0.717) is 18.3 Å². The topological polar surface area (TPSA) is 66.4 Å². The quantitative estimate of drug-likeness (QED) is 0.782. The molecule has 0 aliphatic heterocycles. The molecule has 0 spiro atoms. The molecule has 2 aromatic carbocycles. The first kappa shape index (κ1) is 18.7. The maximum atomic E-state index is 13.0. The number of benzene rings is 2. The lowest BCUT2D eigenvalue weighted by Crippen LogP contribution is -2.37. The van der Waals surface area contributed by atoms with E-state index in [1.54, 1.807) is 0 Å². The minimum absolute atomic E-state index is 0.156. The summed E-state index contributed by atoms with van der Waals surface area (Å²) in [5, 5.41) is 12.6. The van der Waals surface area contributed by atoms with Crippen LogP contribution in [0, 0.1) is 11.8 Å². The number of hydrogen-bond donors (Lipinski definition) is 2. The Labute approximate surface area is 166 Å². The van der Waals surface area contributed by atoms with Gasteiger partial charge in [-0.15, -0.1) is 0 Å². The van der Waals surface area contributed by atoms with Gasteiger partial charge in [0.15, 0.2) is 0 Å². The monoisotopic (exact) mass is 377 g/mol. The largest absolute Gasteiger partial charge is 0.481 e. The van der Waals surface area contributed by atoms with Crippen LogP contribution in [0.25, 0.3) is 0 Å². The fraction of sp³-hybridized carbons (Fsp3) is 0.417. The summed E-state index contributed by atoms with van der Waals surface area (Å²) in [6, 6.07) is 18.1. The number of aliphatic carboxylic acids is 1. The molecule has 0 bridgehead atoms. The number of hydrogen-bond acceptors (Lipinski definition) is 2. The lowest BCUT2D eigenvalue weighted by atomic mass is 9.91.